The normalized spacial score (nSPS) is 14.6. The zero-order chi connectivity index (χ0) is 20.9. The van der Waals surface area contributed by atoms with E-state index in [-0.39, 0.29) is 49.1 Å². The molecule has 1 aliphatic rings. The number of para-hydroxylation sites is 1. The van der Waals surface area contributed by atoms with Crippen molar-refractivity contribution in [3.63, 3.8) is 0 Å². The number of rotatable bonds is 6. The Kier molecular flexibility index (Phi) is 9.02. The molecule has 0 aliphatic carbocycles. The van der Waals surface area contributed by atoms with Gasteiger partial charge in [-0.15, -0.1) is 24.8 Å². The number of benzene rings is 2. The van der Waals surface area contributed by atoms with Gasteiger partial charge in [-0.25, -0.2) is 0 Å². The highest BCUT2D eigenvalue weighted by Gasteiger charge is 2.25. The van der Waals surface area contributed by atoms with Gasteiger partial charge in [0.15, 0.2) is 0 Å². The van der Waals surface area contributed by atoms with Crippen molar-refractivity contribution >= 4 is 42.3 Å². The fraction of sp³-hybridized carbons (Fsp3) is 0.174. The van der Waals surface area contributed by atoms with Crippen LogP contribution in [0.3, 0.4) is 0 Å². The lowest BCUT2D eigenvalue weighted by Crippen LogP contribution is -2.31. The monoisotopic (exact) mass is 474 g/mol. The number of nitrogens with two attached hydrogens (primary N) is 1. The SMILES string of the molecule is Cl.Cl.N[C@H](CC(=O)N[C@@H]1COc2ccccc21)c1ccc(C(=O)Nc2ccncc2)cc1. The van der Waals surface area contributed by atoms with Gasteiger partial charge in [-0.1, -0.05) is 30.3 Å². The van der Waals surface area contributed by atoms with Crippen LogP contribution in [-0.4, -0.2) is 23.4 Å². The summed E-state index contributed by atoms with van der Waals surface area (Å²) < 4.78 is 5.59. The zero-order valence-corrected chi connectivity index (χ0v) is 18.7. The van der Waals surface area contributed by atoms with Crippen molar-refractivity contribution in [1.29, 1.82) is 0 Å². The molecule has 7 nitrogen and oxygen atoms in total. The second kappa shape index (κ2) is 11.5. The maximum absolute atomic E-state index is 12.5. The van der Waals surface area contributed by atoms with E-state index in [2.05, 4.69) is 15.6 Å². The van der Waals surface area contributed by atoms with Gasteiger partial charge in [0, 0.05) is 41.7 Å². The van der Waals surface area contributed by atoms with Gasteiger partial charge in [-0.2, -0.15) is 0 Å². The van der Waals surface area contributed by atoms with Crippen LogP contribution in [0.1, 0.15) is 40.0 Å². The van der Waals surface area contributed by atoms with Crippen molar-refractivity contribution in [2.75, 3.05) is 11.9 Å². The lowest BCUT2D eigenvalue weighted by atomic mass is 10.0. The third-order valence-corrected chi connectivity index (χ3v) is 4.98. The van der Waals surface area contributed by atoms with Crippen LogP contribution in [-0.2, 0) is 4.79 Å². The van der Waals surface area contributed by atoms with E-state index in [1.807, 2.05) is 24.3 Å². The molecule has 2 aromatic carbocycles. The summed E-state index contributed by atoms with van der Waals surface area (Å²) >= 11 is 0. The van der Waals surface area contributed by atoms with Gasteiger partial charge in [0.05, 0.1) is 6.04 Å². The van der Waals surface area contributed by atoms with Crippen LogP contribution < -0.4 is 21.1 Å². The summed E-state index contributed by atoms with van der Waals surface area (Å²) in [5, 5.41) is 5.78. The first kappa shape index (κ1) is 25.1. The van der Waals surface area contributed by atoms with Crippen LogP contribution in [0.5, 0.6) is 5.75 Å². The van der Waals surface area contributed by atoms with Gasteiger partial charge >= 0.3 is 0 Å². The molecule has 1 aliphatic heterocycles. The summed E-state index contributed by atoms with van der Waals surface area (Å²) in [7, 11) is 0. The zero-order valence-electron chi connectivity index (χ0n) is 17.1. The van der Waals surface area contributed by atoms with Gasteiger partial charge in [0.2, 0.25) is 5.91 Å². The highest BCUT2D eigenvalue weighted by Crippen LogP contribution is 2.31. The number of amides is 2. The number of carbonyl (C=O) groups excluding carboxylic acids is 2. The minimum atomic E-state index is -0.472. The minimum absolute atomic E-state index is 0. The minimum Gasteiger partial charge on any atom is -0.491 e. The Bertz CT molecular complexity index is 1050. The summed E-state index contributed by atoms with van der Waals surface area (Å²) in [5.74, 6) is 0.430. The number of carbonyl (C=O) groups is 2. The first-order chi connectivity index (χ1) is 14.6. The average Bonchev–Trinajstić information content (AvgIpc) is 3.17. The van der Waals surface area contributed by atoms with Crippen LogP contribution in [0.15, 0.2) is 73.1 Å². The van der Waals surface area contributed by atoms with Crippen molar-refractivity contribution in [2.45, 2.75) is 18.5 Å². The molecule has 168 valence electrons. The molecule has 0 bridgehead atoms. The van der Waals surface area contributed by atoms with Crippen LogP contribution in [0.25, 0.3) is 0 Å². The molecule has 0 fully saturated rings. The van der Waals surface area contributed by atoms with Crippen molar-refractivity contribution in [3.8, 4) is 5.75 Å². The molecule has 0 saturated carbocycles. The molecule has 0 spiro atoms. The van der Waals surface area contributed by atoms with E-state index >= 15 is 0 Å². The van der Waals surface area contributed by atoms with E-state index in [9.17, 15) is 9.59 Å². The Hall–Kier alpha value is -3.13. The number of hydrogen-bond donors (Lipinski definition) is 3. The highest BCUT2D eigenvalue weighted by atomic mass is 35.5. The molecule has 0 unspecified atom stereocenters. The number of nitrogens with zero attached hydrogens (tertiary/aromatic N) is 1. The topological polar surface area (TPSA) is 106 Å². The molecule has 4 rings (SSSR count). The summed E-state index contributed by atoms with van der Waals surface area (Å²) in [6.45, 7) is 0.418. The largest absolute Gasteiger partial charge is 0.491 e. The molecule has 2 atom stereocenters. The van der Waals surface area contributed by atoms with Gasteiger partial charge in [0.25, 0.3) is 5.91 Å². The number of aromatic nitrogens is 1. The number of nitrogens with one attached hydrogen (secondary N) is 2. The quantitative estimate of drug-likeness (QED) is 0.503. The van der Waals surface area contributed by atoms with E-state index < -0.39 is 6.04 Å². The van der Waals surface area contributed by atoms with Crippen LogP contribution in [0, 0.1) is 0 Å². The number of halogens is 2. The van der Waals surface area contributed by atoms with Crippen LogP contribution >= 0.6 is 24.8 Å². The van der Waals surface area contributed by atoms with Gasteiger partial charge in [-0.05, 0) is 35.9 Å². The second-order valence-corrected chi connectivity index (χ2v) is 7.09. The van der Waals surface area contributed by atoms with E-state index in [1.54, 1.807) is 48.8 Å². The van der Waals surface area contributed by atoms with Gasteiger partial charge in [0.1, 0.15) is 12.4 Å². The Labute approximate surface area is 198 Å². The Balaban J connectivity index is 0.00000181. The standard InChI is InChI=1S/C23H22N4O3.2ClH/c24-19(13-22(28)27-20-14-30-21-4-2-1-3-18(20)21)15-5-7-16(8-6-15)23(29)26-17-9-11-25-12-10-17;;/h1-12,19-20H,13-14,24H2,(H,27,28)(H,25,26,29);2*1H/t19-,20-;;/m1../s1. The molecular weight excluding hydrogens is 451 g/mol. The number of pyridine rings is 1. The molecule has 3 aromatic rings. The molecule has 2 amide bonds. The highest BCUT2D eigenvalue weighted by molar-refractivity contribution is 6.04. The molecule has 0 radical (unpaired) electrons. The van der Waals surface area contributed by atoms with Crippen molar-refractivity contribution in [3.05, 3.63) is 89.7 Å². The third-order valence-electron chi connectivity index (χ3n) is 4.98. The predicted octanol–water partition coefficient (Wildman–Crippen LogP) is 3.82. The Morgan fingerprint density at radius 1 is 1.03 bits per heavy atom. The first-order valence-corrected chi connectivity index (χ1v) is 9.68. The number of anilines is 1. The lowest BCUT2D eigenvalue weighted by Gasteiger charge is -2.16. The molecule has 9 heteroatoms. The smallest absolute Gasteiger partial charge is 0.255 e. The van der Waals surface area contributed by atoms with Gasteiger partial charge < -0.3 is 21.1 Å². The van der Waals surface area contributed by atoms with E-state index in [0.717, 1.165) is 16.9 Å². The fourth-order valence-corrected chi connectivity index (χ4v) is 3.37. The summed E-state index contributed by atoms with van der Waals surface area (Å²) in [6, 6.07) is 17.4. The summed E-state index contributed by atoms with van der Waals surface area (Å²) in [4.78, 5) is 28.7. The van der Waals surface area contributed by atoms with Crippen molar-refractivity contribution in [1.82, 2.24) is 10.3 Å². The first-order valence-electron chi connectivity index (χ1n) is 9.68. The maximum Gasteiger partial charge on any atom is 0.255 e. The third kappa shape index (κ3) is 5.97. The summed E-state index contributed by atoms with van der Waals surface area (Å²) in [6.07, 6.45) is 3.36. The molecule has 0 saturated heterocycles. The van der Waals surface area contributed by atoms with E-state index in [4.69, 9.17) is 10.5 Å². The molecule has 1 aromatic heterocycles. The average molecular weight is 475 g/mol. The van der Waals surface area contributed by atoms with E-state index in [0.29, 0.717) is 17.9 Å². The lowest BCUT2D eigenvalue weighted by molar-refractivity contribution is -0.122. The second-order valence-electron chi connectivity index (χ2n) is 7.09. The fourth-order valence-electron chi connectivity index (χ4n) is 3.37. The van der Waals surface area contributed by atoms with Crippen LogP contribution in [0.2, 0.25) is 0 Å². The maximum atomic E-state index is 12.5. The summed E-state index contributed by atoms with van der Waals surface area (Å²) in [5.41, 5.74) is 9.15. The number of hydrogen-bond acceptors (Lipinski definition) is 5. The Morgan fingerprint density at radius 3 is 2.44 bits per heavy atom. The Morgan fingerprint density at radius 2 is 1.72 bits per heavy atom. The number of ether oxygens (including phenoxy) is 1. The van der Waals surface area contributed by atoms with Crippen LogP contribution in [0.4, 0.5) is 5.69 Å². The van der Waals surface area contributed by atoms with E-state index in [1.165, 1.54) is 0 Å². The molecular formula is C23H24Cl2N4O3. The molecule has 32 heavy (non-hydrogen) atoms. The van der Waals surface area contributed by atoms with Crippen molar-refractivity contribution < 1.29 is 14.3 Å². The van der Waals surface area contributed by atoms with Crippen molar-refractivity contribution in [2.24, 2.45) is 5.73 Å². The molecule has 2 heterocycles. The number of fused-ring (bicyclic) bond motifs is 1. The molecule has 4 N–H and O–H groups in total. The van der Waals surface area contributed by atoms with Gasteiger partial charge in [-0.3, -0.25) is 14.6 Å². The predicted molar refractivity (Wildman–Crippen MR) is 127 cm³/mol.